The molecule has 56 valence electrons. The highest BCUT2D eigenvalue weighted by atomic mass is 16.1. The van der Waals surface area contributed by atoms with Gasteiger partial charge in [-0.25, -0.2) is 0 Å². The maximum absolute atomic E-state index is 10.3. The van der Waals surface area contributed by atoms with E-state index in [-0.39, 0.29) is 17.3 Å². The van der Waals surface area contributed by atoms with Gasteiger partial charge in [0, 0.05) is 11.8 Å². The Bertz CT molecular complexity index is 145. The highest BCUT2D eigenvalue weighted by molar-refractivity contribution is 5.65. The minimum absolute atomic E-state index is 0.0799. The van der Waals surface area contributed by atoms with Gasteiger partial charge in [-0.15, -0.1) is 0 Å². The zero-order valence-electron chi connectivity index (χ0n) is 6.33. The molecule has 0 saturated heterocycles. The van der Waals surface area contributed by atoms with Crippen LogP contribution in [0.15, 0.2) is 0 Å². The van der Waals surface area contributed by atoms with Crippen molar-refractivity contribution in [2.75, 3.05) is 0 Å². The van der Waals surface area contributed by atoms with E-state index in [9.17, 15) is 9.59 Å². The Labute approximate surface area is 60.6 Å². The van der Waals surface area contributed by atoms with Crippen LogP contribution in [0, 0.1) is 17.3 Å². The molecule has 1 aliphatic rings. The molecular weight excluding hydrogens is 128 g/mol. The lowest BCUT2D eigenvalue weighted by Gasteiger charge is -2.46. The van der Waals surface area contributed by atoms with Gasteiger partial charge in [-0.2, -0.15) is 0 Å². The van der Waals surface area contributed by atoms with Crippen molar-refractivity contribution in [2.24, 2.45) is 17.3 Å². The highest BCUT2D eigenvalue weighted by Gasteiger charge is 2.47. The van der Waals surface area contributed by atoms with Crippen LogP contribution in [0.5, 0.6) is 0 Å². The minimum Gasteiger partial charge on any atom is -0.303 e. The average Bonchev–Trinajstić information content (AvgIpc) is 1.88. The fourth-order valence-electron chi connectivity index (χ4n) is 1.46. The van der Waals surface area contributed by atoms with E-state index in [4.69, 9.17) is 0 Å². The van der Waals surface area contributed by atoms with Crippen LogP contribution in [-0.4, -0.2) is 12.6 Å². The molecule has 1 saturated carbocycles. The van der Waals surface area contributed by atoms with Crippen LogP contribution in [0.25, 0.3) is 0 Å². The maximum Gasteiger partial charge on any atom is 0.123 e. The van der Waals surface area contributed by atoms with Crippen molar-refractivity contribution < 1.29 is 9.59 Å². The van der Waals surface area contributed by atoms with Crippen molar-refractivity contribution in [1.82, 2.24) is 0 Å². The summed E-state index contributed by atoms with van der Waals surface area (Å²) in [5.41, 5.74) is -0.0799. The van der Waals surface area contributed by atoms with Gasteiger partial charge in [0.2, 0.25) is 0 Å². The largest absolute Gasteiger partial charge is 0.303 e. The Morgan fingerprint density at radius 2 is 1.60 bits per heavy atom. The fourth-order valence-corrected chi connectivity index (χ4v) is 1.46. The topological polar surface area (TPSA) is 34.1 Å². The first kappa shape index (κ1) is 7.45. The molecule has 0 radical (unpaired) electrons. The van der Waals surface area contributed by atoms with Gasteiger partial charge in [-0.1, -0.05) is 13.8 Å². The average molecular weight is 140 g/mol. The smallest absolute Gasteiger partial charge is 0.123 e. The molecule has 2 atom stereocenters. The molecule has 1 fully saturated rings. The monoisotopic (exact) mass is 140 g/mol. The summed E-state index contributed by atoms with van der Waals surface area (Å²) in [7, 11) is 0. The molecule has 0 amide bonds. The second kappa shape index (κ2) is 2.19. The van der Waals surface area contributed by atoms with E-state index in [0.717, 1.165) is 19.0 Å². The van der Waals surface area contributed by atoms with Gasteiger partial charge in [-0.3, -0.25) is 0 Å². The van der Waals surface area contributed by atoms with Gasteiger partial charge in [-0.05, 0) is 11.8 Å². The lowest BCUT2D eigenvalue weighted by atomic mass is 9.56. The second-order valence-electron chi connectivity index (χ2n) is 3.54. The summed E-state index contributed by atoms with van der Waals surface area (Å²) in [4.78, 5) is 20.7. The molecule has 0 heterocycles. The molecule has 0 bridgehead atoms. The zero-order valence-corrected chi connectivity index (χ0v) is 6.33. The standard InChI is InChI=1S/C8H12O2/c1-8(2)6(4-9)3-7(8)5-10/h4-7H,3H2,1-2H3/t6-,7-/m0/s1. The third-order valence-electron chi connectivity index (χ3n) is 2.75. The van der Waals surface area contributed by atoms with Crippen LogP contribution in [0.1, 0.15) is 20.3 Å². The van der Waals surface area contributed by atoms with Crippen LogP contribution < -0.4 is 0 Å². The van der Waals surface area contributed by atoms with Crippen LogP contribution in [-0.2, 0) is 9.59 Å². The lowest BCUT2D eigenvalue weighted by molar-refractivity contribution is -0.133. The van der Waals surface area contributed by atoms with E-state index >= 15 is 0 Å². The predicted octanol–water partition coefficient (Wildman–Crippen LogP) is 1.05. The van der Waals surface area contributed by atoms with Crippen molar-refractivity contribution in [1.29, 1.82) is 0 Å². The zero-order chi connectivity index (χ0) is 7.78. The third kappa shape index (κ3) is 0.789. The minimum atomic E-state index is -0.0799. The van der Waals surface area contributed by atoms with Crippen molar-refractivity contribution in [3.63, 3.8) is 0 Å². The Kier molecular flexibility index (Phi) is 1.63. The molecule has 0 unspecified atom stereocenters. The van der Waals surface area contributed by atoms with Crippen molar-refractivity contribution >= 4 is 12.6 Å². The van der Waals surface area contributed by atoms with E-state index in [0.29, 0.717) is 0 Å². The summed E-state index contributed by atoms with van der Waals surface area (Å²) >= 11 is 0. The summed E-state index contributed by atoms with van der Waals surface area (Å²) in [5.74, 6) is 0.199. The number of aldehydes is 2. The van der Waals surface area contributed by atoms with Gasteiger partial charge >= 0.3 is 0 Å². The Morgan fingerprint density at radius 3 is 1.80 bits per heavy atom. The predicted molar refractivity (Wildman–Crippen MR) is 37.5 cm³/mol. The summed E-state index contributed by atoms with van der Waals surface area (Å²) < 4.78 is 0. The SMILES string of the molecule is CC1(C)[C@H](C=O)C[C@H]1C=O. The first-order chi connectivity index (χ1) is 4.62. The molecule has 0 spiro atoms. The molecule has 10 heavy (non-hydrogen) atoms. The van der Waals surface area contributed by atoms with Crippen LogP contribution >= 0.6 is 0 Å². The van der Waals surface area contributed by atoms with Gasteiger partial charge < -0.3 is 9.59 Å². The number of hydrogen-bond acceptors (Lipinski definition) is 2. The van der Waals surface area contributed by atoms with Crippen LogP contribution in [0.4, 0.5) is 0 Å². The van der Waals surface area contributed by atoms with E-state index in [1.165, 1.54) is 0 Å². The number of rotatable bonds is 2. The van der Waals surface area contributed by atoms with E-state index < -0.39 is 0 Å². The number of hydrogen-bond donors (Lipinski definition) is 0. The second-order valence-corrected chi connectivity index (χ2v) is 3.54. The molecule has 0 N–H and O–H groups in total. The molecule has 0 aromatic rings. The molecule has 0 aromatic carbocycles. The summed E-state index contributed by atoms with van der Waals surface area (Å²) in [6.45, 7) is 3.93. The van der Waals surface area contributed by atoms with E-state index in [1.54, 1.807) is 0 Å². The first-order valence-electron chi connectivity index (χ1n) is 3.53. The van der Waals surface area contributed by atoms with Gasteiger partial charge in [0.25, 0.3) is 0 Å². The molecule has 0 aliphatic heterocycles. The van der Waals surface area contributed by atoms with Gasteiger partial charge in [0.05, 0.1) is 0 Å². The normalized spacial score (nSPS) is 36.2. The molecule has 2 nitrogen and oxygen atoms in total. The Hall–Kier alpha value is -0.660. The van der Waals surface area contributed by atoms with Gasteiger partial charge in [0.1, 0.15) is 12.6 Å². The fraction of sp³-hybridized carbons (Fsp3) is 0.750. The number of carbonyl (C=O) groups is 2. The van der Waals surface area contributed by atoms with E-state index in [1.807, 2.05) is 13.8 Å². The number of carbonyl (C=O) groups excluding carboxylic acids is 2. The molecule has 2 heteroatoms. The van der Waals surface area contributed by atoms with Gasteiger partial charge in [0.15, 0.2) is 0 Å². The quantitative estimate of drug-likeness (QED) is 0.537. The first-order valence-corrected chi connectivity index (χ1v) is 3.53. The lowest BCUT2D eigenvalue weighted by Crippen LogP contribution is -2.46. The molecule has 1 aliphatic carbocycles. The molecule has 0 aromatic heterocycles. The van der Waals surface area contributed by atoms with Crippen LogP contribution in [0.3, 0.4) is 0 Å². The Balaban J connectivity index is 2.63. The Morgan fingerprint density at radius 1 is 1.20 bits per heavy atom. The van der Waals surface area contributed by atoms with Crippen molar-refractivity contribution in [3.8, 4) is 0 Å². The maximum atomic E-state index is 10.3. The van der Waals surface area contributed by atoms with E-state index in [2.05, 4.69) is 0 Å². The summed E-state index contributed by atoms with van der Waals surface area (Å²) in [5, 5.41) is 0. The molecular formula is C8H12O2. The van der Waals surface area contributed by atoms with Crippen LogP contribution in [0.2, 0.25) is 0 Å². The summed E-state index contributed by atoms with van der Waals surface area (Å²) in [6, 6.07) is 0. The highest BCUT2D eigenvalue weighted by Crippen LogP contribution is 2.48. The van der Waals surface area contributed by atoms with Crippen molar-refractivity contribution in [3.05, 3.63) is 0 Å². The van der Waals surface area contributed by atoms with Crippen molar-refractivity contribution in [2.45, 2.75) is 20.3 Å². The summed E-state index contributed by atoms with van der Waals surface area (Å²) in [6.07, 6.45) is 2.67. The third-order valence-corrected chi connectivity index (χ3v) is 2.75. The molecule has 1 rings (SSSR count).